The number of nitrogens with zero attached hydrogens (tertiary/aromatic N) is 3. The molecule has 0 bridgehead atoms. The van der Waals surface area contributed by atoms with Gasteiger partial charge in [-0.1, -0.05) is 11.8 Å². The summed E-state index contributed by atoms with van der Waals surface area (Å²) in [6, 6.07) is 18.2. The number of H-pyrrole nitrogens is 1. The number of rotatable bonds is 8. The maximum Gasteiger partial charge on any atom is 0.234 e. The molecule has 31 heavy (non-hydrogen) atoms. The number of ether oxygens (including phenoxy) is 2. The summed E-state index contributed by atoms with van der Waals surface area (Å²) in [5.41, 5.74) is 1.49. The number of aromatic nitrogens is 4. The Balaban J connectivity index is 1.27. The summed E-state index contributed by atoms with van der Waals surface area (Å²) in [4.78, 5) is 20.7. The van der Waals surface area contributed by atoms with Gasteiger partial charge in [0.1, 0.15) is 17.2 Å². The highest BCUT2D eigenvalue weighted by Crippen LogP contribution is 2.25. The maximum atomic E-state index is 12.3. The van der Waals surface area contributed by atoms with Crippen molar-refractivity contribution in [3.05, 3.63) is 73.1 Å². The Morgan fingerprint density at radius 2 is 1.74 bits per heavy atom. The zero-order chi connectivity index (χ0) is 21.5. The third kappa shape index (κ3) is 5.61. The van der Waals surface area contributed by atoms with Crippen LogP contribution in [0.4, 0.5) is 5.69 Å². The van der Waals surface area contributed by atoms with Gasteiger partial charge in [0.05, 0.1) is 12.9 Å². The molecule has 1 amide bonds. The second-order valence-corrected chi connectivity index (χ2v) is 7.31. The van der Waals surface area contributed by atoms with E-state index in [1.165, 1.54) is 11.8 Å². The Labute approximate surface area is 183 Å². The van der Waals surface area contributed by atoms with Gasteiger partial charge in [0.15, 0.2) is 11.0 Å². The average molecular weight is 433 g/mol. The first-order valence-corrected chi connectivity index (χ1v) is 10.4. The normalized spacial score (nSPS) is 10.5. The molecular formula is C22H19N5O3S. The SMILES string of the molecule is COc1ccc(Oc2ccc(NC(=O)CSc3nc(-c4cccnc4)n[nH]3)cc2)cc1. The lowest BCUT2D eigenvalue weighted by molar-refractivity contribution is -0.113. The van der Waals surface area contributed by atoms with Crippen molar-refractivity contribution in [3.8, 4) is 28.6 Å². The first kappa shape index (κ1) is 20.4. The molecule has 0 spiro atoms. The number of thioether (sulfide) groups is 1. The second kappa shape index (κ2) is 9.77. The number of methoxy groups -OCH3 is 1. The van der Waals surface area contributed by atoms with Gasteiger partial charge in [0, 0.05) is 23.6 Å². The molecule has 2 aromatic carbocycles. The third-order valence-corrected chi connectivity index (χ3v) is 5.02. The van der Waals surface area contributed by atoms with Gasteiger partial charge in [-0.05, 0) is 60.7 Å². The Morgan fingerprint density at radius 3 is 2.42 bits per heavy atom. The van der Waals surface area contributed by atoms with E-state index in [1.54, 1.807) is 43.8 Å². The number of amides is 1. The highest BCUT2D eigenvalue weighted by Gasteiger charge is 2.09. The molecule has 4 aromatic rings. The van der Waals surface area contributed by atoms with Crippen molar-refractivity contribution >= 4 is 23.4 Å². The molecule has 0 saturated carbocycles. The van der Waals surface area contributed by atoms with Crippen molar-refractivity contribution < 1.29 is 14.3 Å². The number of hydrogen-bond acceptors (Lipinski definition) is 7. The van der Waals surface area contributed by atoms with Crippen LogP contribution in [0.2, 0.25) is 0 Å². The molecule has 2 heterocycles. The van der Waals surface area contributed by atoms with Crippen LogP contribution < -0.4 is 14.8 Å². The number of hydrogen-bond donors (Lipinski definition) is 2. The summed E-state index contributed by atoms with van der Waals surface area (Å²) in [6.45, 7) is 0. The highest BCUT2D eigenvalue weighted by molar-refractivity contribution is 7.99. The number of aromatic amines is 1. The van der Waals surface area contributed by atoms with Gasteiger partial charge < -0.3 is 14.8 Å². The van der Waals surface area contributed by atoms with Crippen molar-refractivity contribution in [2.45, 2.75) is 5.16 Å². The number of carbonyl (C=O) groups excluding carboxylic acids is 1. The highest BCUT2D eigenvalue weighted by atomic mass is 32.2. The molecule has 0 aliphatic carbocycles. The van der Waals surface area contributed by atoms with E-state index >= 15 is 0 Å². The molecule has 2 N–H and O–H groups in total. The number of benzene rings is 2. The van der Waals surface area contributed by atoms with E-state index in [9.17, 15) is 4.79 Å². The van der Waals surface area contributed by atoms with Crippen LogP contribution in [0.3, 0.4) is 0 Å². The van der Waals surface area contributed by atoms with Gasteiger partial charge >= 0.3 is 0 Å². The summed E-state index contributed by atoms with van der Waals surface area (Å²) >= 11 is 1.27. The average Bonchev–Trinajstić information content (AvgIpc) is 3.29. The maximum absolute atomic E-state index is 12.3. The van der Waals surface area contributed by atoms with Crippen molar-refractivity contribution in [2.75, 3.05) is 18.2 Å². The summed E-state index contributed by atoms with van der Waals surface area (Å²) < 4.78 is 10.9. The van der Waals surface area contributed by atoms with Gasteiger partial charge in [0.25, 0.3) is 0 Å². The minimum atomic E-state index is -0.145. The van der Waals surface area contributed by atoms with E-state index in [4.69, 9.17) is 9.47 Å². The lowest BCUT2D eigenvalue weighted by atomic mass is 10.3. The van der Waals surface area contributed by atoms with Crippen molar-refractivity contribution in [2.24, 2.45) is 0 Å². The molecule has 0 fully saturated rings. The van der Waals surface area contributed by atoms with Crippen molar-refractivity contribution in [1.29, 1.82) is 0 Å². The first-order valence-electron chi connectivity index (χ1n) is 9.37. The van der Waals surface area contributed by atoms with Crippen LogP contribution in [0.25, 0.3) is 11.4 Å². The minimum Gasteiger partial charge on any atom is -0.497 e. The van der Waals surface area contributed by atoms with Gasteiger partial charge in [-0.25, -0.2) is 4.98 Å². The molecule has 0 aliphatic heterocycles. The molecular weight excluding hydrogens is 414 g/mol. The van der Waals surface area contributed by atoms with Crippen LogP contribution in [0.5, 0.6) is 17.2 Å². The fraction of sp³-hybridized carbons (Fsp3) is 0.0909. The van der Waals surface area contributed by atoms with E-state index in [0.717, 1.165) is 11.3 Å². The Kier molecular flexibility index (Phi) is 6.44. The van der Waals surface area contributed by atoms with E-state index in [2.05, 4.69) is 25.5 Å². The van der Waals surface area contributed by atoms with Crippen LogP contribution in [0.15, 0.2) is 78.2 Å². The zero-order valence-electron chi connectivity index (χ0n) is 16.6. The standard InChI is InChI=1S/C22H19N5O3S/c1-29-17-8-10-19(11-9-17)30-18-6-4-16(5-7-18)24-20(28)14-31-22-25-21(26-27-22)15-3-2-12-23-13-15/h2-13H,14H2,1H3,(H,24,28)(H,25,26,27). The van der Waals surface area contributed by atoms with Gasteiger partial charge in [0.2, 0.25) is 5.91 Å². The number of pyridine rings is 1. The zero-order valence-corrected chi connectivity index (χ0v) is 17.4. The Bertz CT molecular complexity index is 1130. The lowest BCUT2D eigenvalue weighted by Crippen LogP contribution is -2.14. The van der Waals surface area contributed by atoms with Crippen LogP contribution in [0, 0.1) is 0 Å². The molecule has 8 nitrogen and oxygen atoms in total. The van der Waals surface area contributed by atoms with Crippen LogP contribution >= 0.6 is 11.8 Å². The Morgan fingerprint density at radius 1 is 1.03 bits per heavy atom. The predicted octanol–water partition coefficient (Wildman–Crippen LogP) is 4.40. The molecule has 156 valence electrons. The first-order chi connectivity index (χ1) is 15.2. The number of carbonyl (C=O) groups is 1. The van der Waals surface area contributed by atoms with Crippen LogP contribution in [-0.4, -0.2) is 38.9 Å². The fourth-order valence-electron chi connectivity index (χ4n) is 2.65. The summed E-state index contributed by atoms with van der Waals surface area (Å²) in [6.07, 6.45) is 3.38. The minimum absolute atomic E-state index is 0.145. The van der Waals surface area contributed by atoms with Crippen LogP contribution in [-0.2, 0) is 4.79 Å². The third-order valence-electron chi connectivity index (χ3n) is 4.16. The molecule has 0 radical (unpaired) electrons. The number of nitrogens with one attached hydrogen (secondary N) is 2. The molecule has 0 aliphatic rings. The summed E-state index contributed by atoms with van der Waals surface area (Å²) in [5, 5.41) is 10.4. The van der Waals surface area contributed by atoms with Gasteiger partial charge in [-0.2, -0.15) is 5.10 Å². The van der Waals surface area contributed by atoms with E-state index < -0.39 is 0 Å². The predicted molar refractivity (Wildman–Crippen MR) is 118 cm³/mol. The largest absolute Gasteiger partial charge is 0.497 e. The quantitative estimate of drug-likeness (QED) is 0.397. The van der Waals surface area contributed by atoms with Crippen LogP contribution in [0.1, 0.15) is 0 Å². The van der Waals surface area contributed by atoms with Crippen molar-refractivity contribution in [1.82, 2.24) is 20.2 Å². The molecule has 0 saturated heterocycles. The summed E-state index contributed by atoms with van der Waals surface area (Å²) in [7, 11) is 1.62. The Hall–Kier alpha value is -3.85. The molecule has 9 heteroatoms. The topological polar surface area (TPSA) is 102 Å². The van der Waals surface area contributed by atoms with Crippen molar-refractivity contribution in [3.63, 3.8) is 0 Å². The lowest BCUT2D eigenvalue weighted by Gasteiger charge is -2.08. The summed E-state index contributed by atoms with van der Waals surface area (Å²) in [5.74, 6) is 2.73. The second-order valence-electron chi connectivity index (χ2n) is 6.34. The van der Waals surface area contributed by atoms with E-state index in [0.29, 0.717) is 28.2 Å². The fourth-order valence-corrected chi connectivity index (χ4v) is 3.25. The smallest absolute Gasteiger partial charge is 0.234 e. The molecule has 0 unspecified atom stereocenters. The van der Waals surface area contributed by atoms with Gasteiger partial charge in [-0.3, -0.25) is 14.9 Å². The van der Waals surface area contributed by atoms with E-state index in [-0.39, 0.29) is 11.7 Å². The monoisotopic (exact) mass is 433 g/mol. The molecule has 0 atom stereocenters. The number of anilines is 1. The molecule has 4 rings (SSSR count). The van der Waals surface area contributed by atoms with E-state index in [1.807, 2.05) is 36.4 Å². The molecule has 2 aromatic heterocycles. The van der Waals surface area contributed by atoms with Gasteiger partial charge in [-0.15, -0.1) is 0 Å².